The fourth-order valence-electron chi connectivity index (χ4n) is 2.53. The van der Waals surface area contributed by atoms with E-state index in [1.165, 1.54) is 5.56 Å². The summed E-state index contributed by atoms with van der Waals surface area (Å²) >= 11 is 0. The summed E-state index contributed by atoms with van der Waals surface area (Å²) in [5, 5.41) is 13.3. The van der Waals surface area contributed by atoms with Crippen LogP contribution in [0.15, 0.2) is 24.3 Å². The highest BCUT2D eigenvalue weighted by Crippen LogP contribution is 2.40. The molecule has 3 nitrogen and oxygen atoms in total. The van der Waals surface area contributed by atoms with Gasteiger partial charge in [0.25, 0.3) is 0 Å². The third-order valence-electron chi connectivity index (χ3n) is 4.46. The van der Waals surface area contributed by atoms with Crippen LogP contribution in [0.1, 0.15) is 45.6 Å². The van der Waals surface area contributed by atoms with E-state index in [1.54, 1.807) is 0 Å². The predicted molar refractivity (Wildman–Crippen MR) is 81.9 cm³/mol. The molecule has 0 saturated heterocycles. The van der Waals surface area contributed by atoms with Gasteiger partial charge in [0.2, 0.25) is 0 Å². The van der Waals surface area contributed by atoms with Crippen LogP contribution < -0.4 is 10.1 Å². The molecule has 1 aromatic carbocycles. The van der Waals surface area contributed by atoms with Gasteiger partial charge in [-0.1, -0.05) is 39.3 Å². The van der Waals surface area contributed by atoms with Gasteiger partial charge < -0.3 is 15.2 Å². The molecule has 2 rings (SSSR count). The fraction of sp³-hybridized carbons (Fsp3) is 0.647. The van der Waals surface area contributed by atoms with Crippen LogP contribution >= 0.6 is 0 Å². The van der Waals surface area contributed by atoms with Crippen LogP contribution in [0, 0.1) is 5.41 Å². The molecule has 2 unspecified atom stereocenters. The molecule has 1 aromatic rings. The monoisotopic (exact) mass is 277 g/mol. The Hall–Kier alpha value is -1.06. The van der Waals surface area contributed by atoms with Gasteiger partial charge in [-0.05, 0) is 30.5 Å². The molecule has 3 heteroatoms. The molecule has 0 amide bonds. The Kier molecular flexibility index (Phi) is 5.06. The topological polar surface area (TPSA) is 41.5 Å². The van der Waals surface area contributed by atoms with Gasteiger partial charge in [0, 0.05) is 18.0 Å². The fourth-order valence-corrected chi connectivity index (χ4v) is 2.53. The maximum atomic E-state index is 9.73. The second-order valence-electron chi connectivity index (χ2n) is 6.35. The van der Waals surface area contributed by atoms with E-state index in [4.69, 9.17) is 4.74 Å². The van der Waals surface area contributed by atoms with Crippen LogP contribution in [0.3, 0.4) is 0 Å². The van der Waals surface area contributed by atoms with E-state index < -0.39 is 0 Å². The molecule has 0 aliphatic heterocycles. The number of unbranched alkanes of at least 4 members (excludes halogenated alkanes) is 1. The molecule has 1 fully saturated rings. The van der Waals surface area contributed by atoms with E-state index in [1.807, 2.05) is 12.1 Å². The van der Waals surface area contributed by atoms with E-state index in [0.717, 1.165) is 38.2 Å². The van der Waals surface area contributed by atoms with Crippen molar-refractivity contribution in [3.63, 3.8) is 0 Å². The standard InChI is InChI=1S/C17H27NO2/c1-4-5-10-20-14-8-6-13(7-9-14)12-18-15-11-16(19)17(15,2)3/h6-9,15-16,18-19H,4-5,10-12H2,1-3H3. The predicted octanol–water partition coefficient (Wildman–Crippen LogP) is 3.11. The second-order valence-corrected chi connectivity index (χ2v) is 6.35. The van der Waals surface area contributed by atoms with E-state index >= 15 is 0 Å². The van der Waals surface area contributed by atoms with Crippen LogP contribution in [0.25, 0.3) is 0 Å². The summed E-state index contributed by atoms with van der Waals surface area (Å²) < 4.78 is 5.65. The van der Waals surface area contributed by atoms with Gasteiger partial charge in [-0.15, -0.1) is 0 Å². The van der Waals surface area contributed by atoms with Gasteiger partial charge in [0.05, 0.1) is 12.7 Å². The highest BCUT2D eigenvalue weighted by Gasteiger charge is 2.46. The molecule has 112 valence electrons. The van der Waals surface area contributed by atoms with Crippen molar-refractivity contribution in [3.8, 4) is 5.75 Å². The lowest BCUT2D eigenvalue weighted by Gasteiger charge is -2.49. The highest BCUT2D eigenvalue weighted by atomic mass is 16.5. The maximum absolute atomic E-state index is 9.73. The highest BCUT2D eigenvalue weighted by molar-refractivity contribution is 5.27. The normalized spacial score (nSPS) is 24.2. The number of nitrogens with one attached hydrogen (secondary N) is 1. The van der Waals surface area contributed by atoms with Crippen LogP contribution in [0.4, 0.5) is 0 Å². The van der Waals surface area contributed by atoms with Gasteiger partial charge in [-0.25, -0.2) is 0 Å². The number of aliphatic hydroxyl groups is 1. The number of aliphatic hydroxyl groups excluding tert-OH is 1. The molecule has 20 heavy (non-hydrogen) atoms. The number of hydrogen-bond acceptors (Lipinski definition) is 3. The van der Waals surface area contributed by atoms with Crippen LogP contribution in [0.5, 0.6) is 5.75 Å². The summed E-state index contributed by atoms with van der Waals surface area (Å²) in [6.07, 6.45) is 2.94. The van der Waals surface area contributed by atoms with Crippen molar-refractivity contribution in [2.24, 2.45) is 5.41 Å². The van der Waals surface area contributed by atoms with Gasteiger partial charge in [0.1, 0.15) is 5.75 Å². The lowest BCUT2D eigenvalue weighted by atomic mass is 9.64. The first-order valence-electron chi connectivity index (χ1n) is 7.67. The van der Waals surface area contributed by atoms with E-state index in [0.29, 0.717) is 6.04 Å². The summed E-state index contributed by atoms with van der Waals surface area (Å²) in [6.45, 7) is 8.03. The first-order chi connectivity index (χ1) is 9.54. The van der Waals surface area contributed by atoms with Crippen molar-refractivity contribution in [2.45, 2.75) is 58.7 Å². The van der Waals surface area contributed by atoms with Crippen LogP contribution in [0.2, 0.25) is 0 Å². The zero-order chi connectivity index (χ0) is 14.6. The minimum atomic E-state index is -0.172. The summed E-state index contributed by atoms with van der Waals surface area (Å²) in [6, 6.07) is 8.69. The molecule has 1 aliphatic rings. The molecule has 0 aromatic heterocycles. The average molecular weight is 277 g/mol. The SMILES string of the molecule is CCCCOc1ccc(CNC2CC(O)C2(C)C)cc1. The van der Waals surface area contributed by atoms with Crippen molar-refractivity contribution >= 4 is 0 Å². The Morgan fingerprint density at radius 1 is 1.30 bits per heavy atom. The maximum Gasteiger partial charge on any atom is 0.119 e. The van der Waals surface area contributed by atoms with E-state index in [2.05, 4.69) is 38.2 Å². The number of hydrogen-bond donors (Lipinski definition) is 2. The first-order valence-corrected chi connectivity index (χ1v) is 7.67. The van der Waals surface area contributed by atoms with Crippen molar-refractivity contribution in [1.29, 1.82) is 0 Å². The lowest BCUT2D eigenvalue weighted by molar-refractivity contribution is -0.0729. The van der Waals surface area contributed by atoms with Crippen molar-refractivity contribution < 1.29 is 9.84 Å². The van der Waals surface area contributed by atoms with E-state index in [9.17, 15) is 5.11 Å². The molecule has 1 saturated carbocycles. The number of ether oxygens (including phenoxy) is 1. The minimum absolute atomic E-state index is 0.0107. The summed E-state index contributed by atoms with van der Waals surface area (Å²) in [7, 11) is 0. The van der Waals surface area contributed by atoms with Gasteiger partial charge in [0.15, 0.2) is 0 Å². The molecule has 1 aliphatic carbocycles. The first kappa shape index (κ1) is 15.3. The molecular formula is C17H27NO2. The molecular weight excluding hydrogens is 250 g/mol. The summed E-state index contributed by atoms with van der Waals surface area (Å²) in [5.74, 6) is 0.946. The smallest absolute Gasteiger partial charge is 0.119 e. The van der Waals surface area contributed by atoms with Crippen molar-refractivity contribution in [3.05, 3.63) is 29.8 Å². The number of benzene rings is 1. The van der Waals surface area contributed by atoms with Gasteiger partial charge >= 0.3 is 0 Å². The van der Waals surface area contributed by atoms with Crippen LogP contribution in [-0.2, 0) is 6.54 Å². The Labute approximate surface area is 122 Å². The molecule has 2 atom stereocenters. The minimum Gasteiger partial charge on any atom is -0.494 e. The Balaban J connectivity index is 1.77. The number of rotatable bonds is 7. The largest absolute Gasteiger partial charge is 0.494 e. The Morgan fingerprint density at radius 2 is 2.00 bits per heavy atom. The van der Waals surface area contributed by atoms with Gasteiger partial charge in [-0.3, -0.25) is 0 Å². The van der Waals surface area contributed by atoms with Crippen molar-refractivity contribution in [1.82, 2.24) is 5.32 Å². The summed E-state index contributed by atoms with van der Waals surface area (Å²) in [4.78, 5) is 0. The Morgan fingerprint density at radius 3 is 2.55 bits per heavy atom. The van der Waals surface area contributed by atoms with Crippen LogP contribution in [-0.4, -0.2) is 23.9 Å². The zero-order valence-electron chi connectivity index (χ0n) is 12.9. The third kappa shape index (κ3) is 3.53. The average Bonchev–Trinajstić information content (AvgIpc) is 2.45. The molecule has 0 spiro atoms. The zero-order valence-corrected chi connectivity index (χ0v) is 12.9. The molecule has 0 heterocycles. The lowest BCUT2D eigenvalue weighted by Crippen LogP contribution is -2.59. The molecule has 0 radical (unpaired) electrons. The molecule has 2 N–H and O–H groups in total. The summed E-state index contributed by atoms with van der Waals surface area (Å²) in [5.41, 5.74) is 1.24. The Bertz CT molecular complexity index is 414. The van der Waals surface area contributed by atoms with Gasteiger partial charge in [-0.2, -0.15) is 0 Å². The second kappa shape index (κ2) is 6.59. The van der Waals surface area contributed by atoms with Crippen molar-refractivity contribution in [2.75, 3.05) is 6.61 Å². The third-order valence-corrected chi connectivity index (χ3v) is 4.46. The van der Waals surface area contributed by atoms with E-state index in [-0.39, 0.29) is 11.5 Å². The molecule has 0 bridgehead atoms. The quantitative estimate of drug-likeness (QED) is 0.752.